The SMILES string of the molecule is COc1c(Cl)ncnc1Oc1ccc(C)cc1C(C)(C)C. The molecule has 2 rings (SSSR count). The first-order valence-electron chi connectivity index (χ1n) is 6.66. The number of nitrogens with zero attached hydrogens (tertiary/aromatic N) is 2. The molecule has 1 aromatic heterocycles. The molecule has 0 aliphatic rings. The van der Waals surface area contributed by atoms with Crippen molar-refractivity contribution in [2.75, 3.05) is 7.11 Å². The van der Waals surface area contributed by atoms with E-state index in [0.29, 0.717) is 11.6 Å². The van der Waals surface area contributed by atoms with E-state index in [-0.39, 0.29) is 10.6 Å². The number of halogens is 1. The summed E-state index contributed by atoms with van der Waals surface area (Å²) in [4.78, 5) is 8.00. The molecule has 0 aliphatic carbocycles. The van der Waals surface area contributed by atoms with Crippen LogP contribution in [0.5, 0.6) is 17.4 Å². The Bertz CT molecular complexity index is 651. The van der Waals surface area contributed by atoms with Crippen LogP contribution in [0.1, 0.15) is 31.9 Å². The molecule has 1 aromatic carbocycles. The van der Waals surface area contributed by atoms with E-state index >= 15 is 0 Å². The molecule has 0 amide bonds. The predicted molar refractivity (Wildman–Crippen MR) is 83.5 cm³/mol. The third-order valence-corrected chi connectivity index (χ3v) is 3.35. The van der Waals surface area contributed by atoms with E-state index in [2.05, 4.69) is 43.7 Å². The summed E-state index contributed by atoms with van der Waals surface area (Å²) in [7, 11) is 1.51. The predicted octanol–water partition coefficient (Wildman–Crippen LogP) is 4.54. The molecule has 2 aromatic rings. The van der Waals surface area contributed by atoms with Crippen LogP contribution in [-0.4, -0.2) is 17.1 Å². The lowest BCUT2D eigenvalue weighted by Crippen LogP contribution is -2.13. The van der Waals surface area contributed by atoms with Crippen LogP contribution in [0.3, 0.4) is 0 Å². The number of benzene rings is 1. The van der Waals surface area contributed by atoms with Crippen molar-refractivity contribution in [2.24, 2.45) is 0 Å². The van der Waals surface area contributed by atoms with Crippen molar-refractivity contribution in [1.29, 1.82) is 0 Å². The highest BCUT2D eigenvalue weighted by Gasteiger charge is 2.21. The molecular weight excluding hydrogens is 288 g/mol. The molecule has 0 fully saturated rings. The number of aryl methyl sites for hydroxylation is 1. The Morgan fingerprint density at radius 2 is 1.86 bits per heavy atom. The second kappa shape index (κ2) is 5.90. The maximum atomic E-state index is 5.99. The molecule has 0 saturated carbocycles. The van der Waals surface area contributed by atoms with Gasteiger partial charge in [-0.3, -0.25) is 0 Å². The molecule has 0 saturated heterocycles. The second-order valence-electron chi connectivity index (χ2n) is 5.85. The molecule has 0 aliphatic heterocycles. The van der Waals surface area contributed by atoms with Crippen LogP contribution in [0.2, 0.25) is 5.15 Å². The topological polar surface area (TPSA) is 44.2 Å². The fraction of sp³-hybridized carbons (Fsp3) is 0.375. The highest BCUT2D eigenvalue weighted by Crippen LogP contribution is 2.38. The molecule has 1 heterocycles. The molecule has 0 atom stereocenters. The summed E-state index contributed by atoms with van der Waals surface area (Å²) < 4.78 is 11.1. The molecule has 5 heteroatoms. The normalized spacial score (nSPS) is 11.3. The zero-order chi connectivity index (χ0) is 15.6. The fourth-order valence-corrected chi connectivity index (χ4v) is 2.21. The molecule has 0 N–H and O–H groups in total. The Labute approximate surface area is 130 Å². The molecule has 21 heavy (non-hydrogen) atoms. The Morgan fingerprint density at radius 3 is 2.48 bits per heavy atom. The highest BCUT2D eigenvalue weighted by atomic mass is 35.5. The Kier molecular flexibility index (Phi) is 4.37. The Morgan fingerprint density at radius 1 is 1.14 bits per heavy atom. The molecule has 112 valence electrons. The lowest BCUT2D eigenvalue weighted by atomic mass is 9.85. The van der Waals surface area contributed by atoms with Crippen molar-refractivity contribution < 1.29 is 9.47 Å². The number of hydrogen-bond acceptors (Lipinski definition) is 4. The van der Waals surface area contributed by atoms with Crippen LogP contribution < -0.4 is 9.47 Å². The van der Waals surface area contributed by atoms with Gasteiger partial charge in [0.25, 0.3) is 5.88 Å². The van der Waals surface area contributed by atoms with Gasteiger partial charge in [0.05, 0.1) is 7.11 Å². The van der Waals surface area contributed by atoms with Crippen LogP contribution in [0.4, 0.5) is 0 Å². The molecule has 0 spiro atoms. The first-order chi connectivity index (χ1) is 9.82. The van der Waals surface area contributed by atoms with Crippen molar-refractivity contribution in [1.82, 2.24) is 9.97 Å². The van der Waals surface area contributed by atoms with Crippen molar-refractivity contribution in [3.05, 3.63) is 40.8 Å². The maximum Gasteiger partial charge on any atom is 0.267 e. The van der Waals surface area contributed by atoms with E-state index in [1.54, 1.807) is 0 Å². The van der Waals surface area contributed by atoms with Gasteiger partial charge in [0.15, 0.2) is 5.15 Å². The number of rotatable bonds is 3. The van der Waals surface area contributed by atoms with E-state index < -0.39 is 0 Å². The van der Waals surface area contributed by atoms with Gasteiger partial charge in [-0.1, -0.05) is 50.1 Å². The number of hydrogen-bond donors (Lipinski definition) is 0. The molecule has 0 unspecified atom stereocenters. The number of ether oxygens (including phenoxy) is 2. The van der Waals surface area contributed by atoms with Crippen LogP contribution in [0, 0.1) is 6.92 Å². The monoisotopic (exact) mass is 306 g/mol. The van der Waals surface area contributed by atoms with E-state index in [1.165, 1.54) is 19.0 Å². The fourth-order valence-electron chi connectivity index (χ4n) is 2.00. The zero-order valence-corrected chi connectivity index (χ0v) is 13.7. The molecular formula is C16H19ClN2O2. The average Bonchev–Trinajstić information content (AvgIpc) is 2.40. The Balaban J connectivity index is 2.48. The van der Waals surface area contributed by atoms with Crippen molar-refractivity contribution >= 4 is 11.6 Å². The quantitative estimate of drug-likeness (QED) is 0.781. The van der Waals surface area contributed by atoms with Gasteiger partial charge in [0, 0.05) is 5.56 Å². The Hall–Kier alpha value is -1.81. The summed E-state index contributed by atoms with van der Waals surface area (Å²) in [6.45, 7) is 8.47. The summed E-state index contributed by atoms with van der Waals surface area (Å²) in [5.41, 5.74) is 2.23. The van der Waals surface area contributed by atoms with Gasteiger partial charge in [-0.2, -0.15) is 4.98 Å². The van der Waals surface area contributed by atoms with Crippen LogP contribution in [0.15, 0.2) is 24.5 Å². The van der Waals surface area contributed by atoms with Crippen LogP contribution in [0.25, 0.3) is 0 Å². The van der Waals surface area contributed by atoms with Gasteiger partial charge in [0.2, 0.25) is 5.75 Å². The lowest BCUT2D eigenvalue weighted by molar-refractivity contribution is 0.363. The van der Waals surface area contributed by atoms with Gasteiger partial charge in [-0.05, 0) is 18.4 Å². The zero-order valence-electron chi connectivity index (χ0n) is 12.9. The van der Waals surface area contributed by atoms with Gasteiger partial charge in [0.1, 0.15) is 12.1 Å². The van der Waals surface area contributed by atoms with Crippen LogP contribution in [-0.2, 0) is 5.41 Å². The van der Waals surface area contributed by atoms with Gasteiger partial charge in [-0.25, -0.2) is 4.98 Å². The third-order valence-electron chi connectivity index (χ3n) is 3.08. The standard InChI is InChI=1S/C16H19ClN2O2/c1-10-6-7-12(11(8-10)16(2,3)4)21-15-13(20-5)14(17)18-9-19-15/h6-9H,1-5H3. The van der Waals surface area contributed by atoms with E-state index in [9.17, 15) is 0 Å². The minimum atomic E-state index is -0.0502. The first-order valence-corrected chi connectivity index (χ1v) is 7.04. The van der Waals surface area contributed by atoms with Gasteiger partial charge < -0.3 is 9.47 Å². The van der Waals surface area contributed by atoms with Crippen molar-refractivity contribution in [2.45, 2.75) is 33.1 Å². The van der Waals surface area contributed by atoms with Crippen LogP contribution >= 0.6 is 11.6 Å². The maximum absolute atomic E-state index is 5.99. The second-order valence-corrected chi connectivity index (χ2v) is 6.21. The third kappa shape index (κ3) is 3.45. The van der Waals surface area contributed by atoms with E-state index in [0.717, 1.165) is 11.3 Å². The van der Waals surface area contributed by atoms with Gasteiger partial charge in [-0.15, -0.1) is 0 Å². The molecule has 4 nitrogen and oxygen atoms in total. The summed E-state index contributed by atoms with van der Waals surface area (Å²) >= 11 is 5.99. The largest absolute Gasteiger partial charge is 0.489 e. The number of aromatic nitrogens is 2. The molecule has 0 radical (unpaired) electrons. The van der Waals surface area contributed by atoms with Crippen molar-refractivity contribution in [3.8, 4) is 17.4 Å². The summed E-state index contributed by atoms with van der Waals surface area (Å²) in [6, 6.07) is 6.05. The molecule has 0 bridgehead atoms. The lowest BCUT2D eigenvalue weighted by Gasteiger charge is -2.23. The minimum absolute atomic E-state index is 0.0502. The average molecular weight is 307 g/mol. The minimum Gasteiger partial charge on any atom is -0.489 e. The summed E-state index contributed by atoms with van der Waals surface area (Å²) in [5.74, 6) is 1.38. The number of methoxy groups -OCH3 is 1. The van der Waals surface area contributed by atoms with E-state index in [1.807, 2.05) is 12.1 Å². The van der Waals surface area contributed by atoms with Gasteiger partial charge >= 0.3 is 0 Å². The first kappa shape index (κ1) is 15.6. The summed E-state index contributed by atoms with van der Waals surface area (Å²) in [6.07, 6.45) is 1.35. The van der Waals surface area contributed by atoms with Crippen molar-refractivity contribution in [3.63, 3.8) is 0 Å². The highest BCUT2D eigenvalue weighted by molar-refractivity contribution is 6.31. The smallest absolute Gasteiger partial charge is 0.267 e. The van der Waals surface area contributed by atoms with E-state index in [4.69, 9.17) is 21.1 Å². The summed E-state index contributed by atoms with van der Waals surface area (Å²) in [5, 5.41) is 0.229.